The van der Waals surface area contributed by atoms with Crippen LogP contribution in [-0.4, -0.2) is 38.1 Å². The van der Waals surface area contributed by atoms with Crippen LogP contribution in [0, 0.1) is 0 Å². The molecule has 1 fully saturated rings. The number of ether oxygens (including phenoxy) is 4. The lowest BCUT2D eigenvalue weighted by molar-refractivity contribution is -0.309. The van der Waals surface area contributed by atoms with E-state index in [0.29, 0.717) is 26.8 Å². The second kappa shape index (κ2) is 11.8. The van der Waals surface area contributed by atoms with E-state index in [1.54, 1.807) is 12.4 Å². The van der Waals surface area contributed by atoms with Gasteiger partial charge in [-0.3, -0.25) is 4.98 Å². The summed E-state index contributed by atoms with van der Waals surface area (Å²) in [6.07, 6.45) is 3.26. The maximum Gasteiger partial charge on any atom is 0.186 e. The Hall–Kier alpha value is -0.720. The summed E-state index contributed by atoms with van der Waals surface area (Å²) < 4.78 is 19.9. The van der Waals surface area contributed by atoms with Gasteiger partial charge in [0, 0.05) is 19.0 Å². The fourth-order valence-electron chi connectivity index (χ4n) is 0.953. The first-order valence-corrected chi connectivity index (χ1v) is 5.17. The number of aromatic nitrogens is 1. The molecule has 17 heavy (non-hydrogen) atoms. The van der Waals surface area contributed by atoms with Crippen molar-refractivity contribution in [3.05, 3.63) is 30.6 Å². The molecule has 0 amide bonds. The Balaban J connectivity index is 0.000000316. The minimum Gasteiger partial charge on any atom is -0.376 e. The Morgan fingerprint density at radius 3 is 2.24 bits per heavy atom. The third kappa shape index (κ3) is 9.02. The van der Waals surface area contributed by atoms with Crippen molar-refractivity contribution < 1.29 is 18.9 Å². The SMILES string of the molecule is CCOCC1OCOCO1.Cl.c1ccncc1. The lowest BCUT2D eigenvalue weighted by Crippen LogP contribution is -2.30. The van der Waals surface area contributed by atoms with Crippen molar-refractivity contribution in [2.75, 3.05) is 26.8 Å². The van der Waals surface area contributed by atoms with Crippen LogP contribution >= 0.6 is 12.4 Å². The molecule has 1 aliphatic rings. The van der Waals surface area contributed by atoms with Gasteiger partial charge in [-0.2, -0.15) is 0 Å². The van der Waals surface area contributed by atoms with Gasteiger partial charge in [0.2, 0.25) is 0 Å². The van der Waals surface area contributed by atoms with E-state index < -0.39 is 0 Å². The van der Waals surface area contributed by atoms with Crippen molar-refractivity contribution in [3.63, 3.8) is 0 Å². The minimum absolute atomic E-state index is 0. The number of hydrogen-bond acceptors (Lipinski definition) is 5. The fraction of sp³-hybridized carbons (Fsp3) is 0.545. The summed E-state index contributed by atoms with van der Waals surface area (Å²) in [5, 5.41) is 0. The maximum atomic E-state index is 5.07. The van der Waals surface area contributed by atoms with Crippen molar-refractivity contribution in [1.82, 2.24) is 4.98 Å². The third-order valence-electron chi connectivity index (χ3n) is 1.70. The standard InChI is InChI=1S/C6H12O4.C5H5N.ClH/c1-2-7-3-6-9-4-8-5-10-6;1-2-4-6-5-3-1;/h6H,2-5H2,1H3;1-5H;1H. The summed E-state index contributed by atoms with van der Waals surface area (Å²) >= 11 is 0. The maximum absolute atomic E-state index is 5.07. The van der Waals surface area contributed by atoms with Gasteiger partial charge in [-0.1, -0.05) is 6.07 Å². The van der Waals surface area contributed by atoms with Gasteiger partial charge in [-0.25, -0.2) is 0 Å². The van der Waals surface area contributed by atoms with Crippen molar-refractivity contribution in [1.29, 1.82) is 0 Å². The van der Waals surface area contributed by atoms with Crippen LogP contribution in [0.5, 0.6) is 0 Å². The van der Waals surface area contributed by atoms with E-state index in [1.807, 2.05) is 25.1 Å². The van der Waals surface area contributed by atoms with E-state index >= 15 is 0 Å². The van der Waals surface area contributed by atoms with Crippen LogP contribution in [0.3, 0.4) is 0 Å². The second-order valence-electron chi connectivity index (χ2n) is 2.89. The van der Waals surface area contributed by atoms with E-state index in [-0.39, 0.29) is 18.7 Å². The molecular weight excluding hydrogens is 246 g/mol. The summed E-state index contributed by atoms with van der Waals surface area (Å²) in [6.45, 7) is 3.71. The molecule has 0 spiro atoms. The average Bonchev–Trinajstić information content (AvgIpc) is 2.40. The van der Waals surface area contributed by atoms with Gasteiger partial charge in [0.05, 0.1) is 6.61 Å². The highest BCUT2D eigenvalue weighted by molar-refractivity contribution is 5.85. The number of halogens is 1. The quantitative estimate of drug-likeness (QED) is 0.833. The van der Waals surface area contributed by atoms with Gasteiger partial charge in [-0.05, 0) is 19.1 Å². The first kappa shape index (κ1) is 16.3. The molecule has 2 rings (SSSR count). The lowest BCUT2D eigenvalue weighted by atomic mass is 10.5. The van der Waals surface area contributed by atoms with Crippen molar-refractivity contribution >= 4 is 12.4 Å². The van der Waals surface area contributed by atoms with E-state index in [2.05, 4.69) is 4.98 Å². The zero-order chi connectivity index (χ0) is 11.5. The summed E-state index contributed by atoms with van der Waals surface area (Å²) in [5.41, 5.74) is 0. The molecule has 0 bridgehead atoms. The van der Waals surface area contributed by atoms with Crippen LogP contribution < -0.4 is 0 Å². The number of rotatable bonds is 3. The Morgan fingerprint density at radius 2 is 1.82 bits per heavy atom. The summed E-state index contributed by atoms with van der Waals surface area (Å²) in [6, 6.07) is 5.72. The van der Waals surface area contributed by atoms with E-state index in [1.165, 1.54) is 0 Å². The lowest BCUT2D eigenvalue weighted by Gasteiger charge is -2.22. The van der Waals surface area contributed by atoms with Gasteiger partial charge in [-0.15, -0.1) is 12.4 Å². The Kier molecular flexibility index (Phi) is 11.3. The Bertz CT molecular complexity index is 218. The average molecular weight is 264 g/mol. The predicted octanol–water partition coefficient (Wildman–Crippen LogP) is 1.83. The van der Waals surface area contributed by atoms with Crippen molar-refractivity contribution in [3.8, 4) is 0 Å². The highest BCUT2D eigenvalue weighted by atomic mass is 35.5. The summed E-state index contributed by atoms with van der Waals surface area (Å²) in [4.78, 5) is 3.78. The molecule has 0 N–H and O–H groups in total. The largest absolute Gasteiger partial charge is 0.376 e. The van der Waals surface area contributed by atoms with Crippen molar-refractivity contribution in [2.45, 2.75) is 13.2 Å². The smallest absolute Gasteiger partial charge is 0.186 e. The topological polar surface area (TPSA) is 49.8 Å². The molecule has 5 nitrogen and oxygen atoms in total. The summed E-state index contributed by atoms with van der Waals surface area (Å²) in [7, 11) is 0. The van der Waals surface area contributed by atoms with Gasteiger partial charge >= 0.3 is 0 Å². The molecule has 6 heteroatoms. The molecule has 2 heterocycles. The van der Waals surface area contributed by atoms with Gasteiger partial charge in [0.1, 0.15) is 0 Å². The Labute approximate surface area is 107 Å². The van der Waals surface area contributed by atoms with Crippen LogP contribution in [0.2, 0.25) is 0 Å². The van der Waals surface area contributed by atoms with Gasteiger partial charge < -0.3 is 18.9 Å². The molecule has 1 saturated heterocycles. The zero-order valence-electron chi connectivity index (χ0n) is 9.78. The highest BCUT2D eigenvalue weighted by Crippen LogP contribution is 2.02. The molecule has 0 aromatic carbocycles. The summed E-state index contributed by atoms with van der Waals surface area (Å²) in [5.74, 6) is 0. The molecule has 0 radical (unpaired) electrons. The van der Waals surface area contributed by atoms with E-state index in [0.717, 1.165) is 0 Å². The van der Waals surface area contributed by atoms with E-state index in [9.17, 15) is 0 Å². The van der Waals surface area contributed by atoms with Crippen LogP contribution in [0.1, 0.15) is 6.92 Å². The number of nitrogens with zero attached hydrogens (tertiary/aromatic N) is 1. The molecule has 0 saturated carbocycles. The molecule has 1 aromatic heterocycles. The minimum atomic E-state index is -0.242. The first-order valence-electron chi connectivity index (χ1n) is 5.17. The molecule has 98 valence electrons. The van der Waals surface area contributed by atoms with Crippen LogP contribution in [0.15, 0.2) is 30.6 Å². The van der Waals surface area contributed by atoms with Gasteiger partial charge in [0.15, 0.2) is 19.9 Å². The van der Waals surface area contributed by atoms with Crippen molar-refractivity contribution in [2.24, 2.45) is 0 Å². The fourth-order valence-corrected chi connectivity index (χ4v) is 0.953. The van der Waals surface area contributed by atoms with Crippen LogP contribution in [-0.2, 0) is 18.9 Å². The molecule has 1 aliphatic heterocycles. The zero-order valence-corrected chi connectivity index (χ0v) is 10.6. The molecule has 0 aliphatic carbocycles. The second-order valence-corrected chi connectivity index (χ2v) is 2.89. The van der Waals surface area contributed by atoms with Crippen LogP contribution in [0.4, 0.5) is 0 Å². The number of pyridine rings is 1. The van der Waals surface area contributed by atoms with E-state index in [4.69, 9.17) is 18.9 Å². The highest BCUT2D eigenvalue weighted by Gasteiger charge is 2.13. The number of hydrogen-bond donors (Lipinski definition) is 0. The predicted molar refractivity (Wildman–Crippen MR) is 64.8 cm³/mol. The molecule has 0 atom stereocenters. The monoisotopic (exact) mass is 263 g/mol. The molecule has 1 aromatic rings. The molecule has 0 unspecified atom stereocenters. The normalized spacial score (nSPS) is 15.4. The first-order chi connectivity index (χ1) is 7.93. The third-order valence-corrected chi connectivity index (χ3v) is 1.70. The Morgan fingerprint density at radius 1 is 1.18 bits per heavy atom. The van der Waals surface area contributed by atoms with Crippen LogP contribution in [0.25, 0.3) is 0 Å². The molecular formula is C11H18ClNO4. The van der Waals surface area contributed by atoms with Gasteiger partial charge in [0.25, 0.3) is 0 Å².